The molecule has 2 unspecified atom stereocenters. The highest BCUT2D eigenvalue weighted by Crippen LogP contribution is 2.16. The van der Waals surface area contributed by atoms with Crippen molar-refractivity contribution in [3.63, 3.8) is 0 Å². The molecule has 16 heavy (non-hydrogen) atoms. The number of nitrogens with one attached hydrogen (secondary N) is 1. The summed E-state index contributed by atoms with van der Waals surface area (Å²) in [6.45, 7) is 13.1. The second-order valence-electron chi connectivity index (χ2n) is 6.16. The van der Waals surface area contributed by atoms with Gasteiger partial charge < -0.3 is 15.3 Å². The molecule has 96 valence electrons. The Hall–Kier alpha value is -0.120. The Labute approximate surface area is 100 Å². The fourth-order valence-corrected chi connectivity index (χ4v) is 2.19. The van der Waals surface area contributed by atoms with E-state index in [1.807, 2.05) is 0 Å². The fourth-order valence-electron chi connectivity index (χ4n) is 2.19. The molecule has 1 rings (SSSR count). The van der Waals surface area contributed by atoms with Crippen molar-refractivity contribution in [2.45, 2.75) is 52.2 Å². The maximum Gasteiger partial charge on any atom is 0.0590 e. The minimum atomic E-state index is -0.0797. The lowest BCUT2D eigenvalue weighted by molar-refractivity contribution is 0.0346. The van der Waals surface area contributed by atoms with Crippen LogP contribution in [-0.2, 0) is 0 Å². The third kappa shape index (κ3) is 5.28. The molecule has 0 aromatic rings. The van der Waals surface area contributed by atoms with Gasteiger partial charge in [0.15, 0.2) is 0 Å². The van der Waals surface area contributed by atoms with Crippen LogP contribution in [0, 0.1) is 5.92 Å². The number of rotatable bonds is 4. The maximum atomic E-state index is 9.63. The largest absolute Gasteiger partial charge is 0.393 e. The van der Waals surface area contributed by atoms with Gasteiger partial charge in [-0.1, -0.05) is 6.92 Å². The SMILES string of the molecule is CC1CN(CCCNC(C)(C)C)CCC1O. The number of hydrogen-bond donors (Lipinski definition) is 2. The lowest BCUT2D eigenvalue weighted by atomic mass is 9.97. The monoisotopic (exact) mass is 228 g/mol. The van der Waals surface area contributed by atoms with Crippen molar-refractivity contribution in [2.75, 3.05) is 26.2 Å². The van der Waals surface area contributed by atoms with Gasteiger partial charge in [0.25, 0.3) is 0 Å². The van der Waals surface area contributed by atoms with Crippen LogP contribution >= 0.6 is 0 Å². The molecule has 0 amide bonds. The quantitative estimate of drug-likeness (QED) is 0.715. The zero-order valence-corrected chi connectivity index (χ0v) is 11.3. The predicted octanol–water partition coefficient (Wildman–Crippen LogP) is 1.47. The zero-order chi connectivity index (χ0) is 12.2. The van der Waals surface area contributed by atoms with Crippen molar-refractivity contribution in [3.8, 4) is 0 Å². The predicted molar refractivity (Wildman–Crippen MR) is 68.6 cm³/mol. The molecular weight excluding hydrogens is 200 g/mol. The van der Waals surface area contributed by atoms with Gasteiger partial charge in [-0.3, -0.25) is 0 Å². The van der Waals surface area contributed by atoms with E-state index in [0.29, 0.717) is 5.92 Å². The van der Waals surface area contributed by atoms with E-state index in [1.165, 1.54) is 6.42 Å². The molecule has 1 aliphatic heterocycles. The molecule has 2 atom stereocenters. The molecule has 3 heteroatoms. The Kier molecular flexibility index (Phi) is 5.22. The molecule has 0 radical (unpaired) electrons. The van der Waals surface area contributed by atoms with Crippen LogP contribution in [0.5, 0.6) is 0 Å². The van der Waals surface area contributed by atoms with Crippen molar-refractivity contribution in [1.82, 2.24) is 10.2 Å². The number of likely N-dealkylation sites (tertiary alicyclic amines) is 1. The molecule has 1 aliphatic rings. The Bertz CT molecular complexity index is 201. The molecule has 2 N–H and O–H groups in total. The van der Waals surface area contributed by atoms with Gasteiger partial charge in [-0.2, -0.15) is 0 Å². The second kappa shape index (κ2) is 5.99. The Morgan fingerprint density at radius 3 is 2.62 bits per heavy atom. The first-order chi connectivity index (χ1) is 7.38. The summed E-state index contributed by atoms with van der Waals surface area (Å²) in [5.74, 6) is 0.435. The normalized spacial score (nSPS) is 28.3. The molecule has 0 aliphatic carbocycles. The highest BCUT2D eigenvalue weighted by molar-refractivity contribution is 4.77. The first kappa shape index (κ1) is 13.9. The summed E-state index contributed by atoms with van der Waals surface area (Å²) in [7, 11) is 0. The molecule has 0 aromatic heterocycles. The topological polar surface area (TPSA) is 35.5 Å². The molecule has 0 bridgehead atoms. The third-order valence-corrected chi connectivity index (χ3v) is 3.25. The number of piperidine rings is 1. The van der Waals surface area contributed by atoms with Gasteiger partial charge in [-0.05, 0) is 52.6 Å². The fraction of sp³-hybridized carbons (Fsp3) is 1.00. The summed E-state index contributed by atoms with van der Waals surface area (Å²) in [6.07, 6.45) is 2.05. The smallest absolute Gasteiger partial charge is 0.0590 e. The van der Waals surface area contributed by atoms with E-state index in [9.17, 15) is 5.11 Å². The summed E-state index contributed by atoms with van der Waals surface area (Å²) >= 11 is 0. The summed E-state index contributed by atoms with van der Waals surface area (Å²) in [5.41, 5.74) is 0.228. The minimum Gasteiger partial charge on any atom is -0.393 e. The Morgan fingerprint density at radius 2 is 2.06 bits per heavy atom. The first-order valence-corrected chi connectivity index (χ1v) is 6.54. The maximum absolute atomic E-state index is 9.63. The van der Waals surface area contributed by atoms with Crippen LogP contribution in [0.25, 0.3) is 0 Å². The first-order valence-electron chi connectivity index (χ1n) is 6.54. The van der Waals surface area contributed by atoms with E-state index in [2.05, 4.69) is 37.9 Å². The minimum absolute atomic E-state index is 0.0797. The summed E-state index contributed by atoms with van der Waals surface area (Å²) in [6, 6.07) is 0. The van der Waals surface area contributed by atoms with Crippen molar-refractivity contribution < 1.29 is 5.11 Å². The van der Waals surface area contributed by atoms with Crippen LogP contribution in [0.2, 0.25) is 0 Å². The zero-order valence-electron chi connectivity index (χ0n) is 11.3. The summed E-state index contributed by atoms with van der Waals surface area (Å²) in [5, 5.41) is 13.1. The molecule has 1 saturated heterocycles. The van der Waals surface area contributed by atoms with E-state index in [0.717, 1.165) is 32.6 Å². The Balaban J connectivity index is 2.10. The summed E-state index contributed by atoms with van der Waals surface area (Å²) in [4.78, 5) is 2.47. The molecule has 0 aromatic carbocycles. The van der Waals surface area contributed by atoms with Gasteiger partial charge >= 0.3 is 0 Å². The van der Waals surface area contributed by atoms with Gasteiger partial charge in [-0.25, -0.2) is 0 Å². The summed E-state index contributed by atoms with van der Waals surface area (Å²) < 4.78 is 0. The number of hydrogen-bond acceptors (Lipinski definition) is 3. The average molecular weight is 228 g/mol. The van der Waals surface area contributed by atoms with Gasteiger partial charge in [-0.15, -0.1) is 0 Å². The van der Waals surface area contributed by atoms with E-state index >= 15 is 0 Å². The molecule has 1 fully saturated rings. The molecule has 1 heterocycles. The average Bonchev–Trinajstić information content (AvgIpc) is 2.17. The molecule has 0 spiro atoms. The third-order valence-electron chi connectivity index (χ3n) is 3.25. The van der Waals surface area contributed by atoms with Gasteiger partial charge in [0.1, 0.15) is 0 Å². The lowest BCUT2D eigenvalue weighted by Gasteiger charge is -2.34. The van der Waals surface area contributed by atoms with Crippen LogP contribution in [0.4, 0.5) is 0 Å². The molecule has 0 saturated carbocycles. The lowest BCUT2D eigenvalue weighted by Crippen LogP contribution is -2.43. The number of aliphatic hydroxyl groups excluding tert-OH is 1. The standard InChI is InChI=1S/C13H28N2O/c1-11-10-15(9-6-12(11)16)8-5-7-14-13(2,3)4/h11-12,14,16H,5-10H2,1-4H3. The van der Waals surface area contributed by atoms with Gasteiger partial charge in [0.2, 0.25) is 0 Å². The van der Waals surface area contributed by atoms with E-state index in [4.69, 9.17) is 0 Å². The van der Waals surface area contributed by atoms with Crippen molar-refractivity contribution in [2.24, 2.45) is 5.92 Å². The van der Waals surface area contributed by atoms with Crippen molar-refractivity contribution >= 4 is 0 Å². The highest BCUT2D eigenvalue weighted by Gasteiger charge is 2.23. The van der Waals surface area contributed by atoms with E-state index < -0.39 is 0 Å². The van der Waals surface area contributed by atoms with Gasteiger partial charge in [0, 0.05) is 18.6 Å². The van der Waals surface area contributed by atoms with E-state index in [1.54, 1.807) is 0 Å². The highest BCUT2D eigenvalue weighted by atomic mass is 16.3. The van der Waals surface area contributed by atoms with Crippen LogP contribution in [0.1, 0.15) is 40.5 Å². The van der Waals surface area contributed by atoms with Crippen molar-refractivity contribution in [3.05, 3.63) is 0 Å². The Morgan fingerprint density at radius 1 is 1.38 bits per heavy atom. The van der Waals surface area contributed by atoms with Crippen molar-refractivity contribution in [1.29, 1.82) is 0 Å². The number of aliphatic hydroxyl groups is 1. The van der Waals surface area contributed by atoms with Crippen LogP contribution in [0.15, 0.2) is 0 Å². The van der Waals surface area contributed by atoms with Crippen LogP contribution < -0.4 is 5.32 Å². The molecular formula is C13H28N2O. The van der Waals surface area contributed by atoms with E-state index in [-0.39, 0.29) is 11.6 Å². The number of nitrogens with zero attached hydrogens (tertiary/aromatic N) is 1. The van der Waals surface area contributed by atoms with Gasteiger partial charge in [0.05, 0.1) is 6.10 Å². The van der Waals surface area contributed by atoms with Crippen LogP contribution in [0.3, 0.4) is 0 Å². The second-order valence-corrected chi connectivity index (χ2v) is 6.16. The molecule has 3 nitrogen and oxygen atoms in total. The van der Waals surface area contributed by atoms with Crippen LogP contribution in [-0.4, -0.2) is 47.8 Å².